The molecule has 0 bridgehead atoms. The number of non-ortho nitro benzene ring substituents is 1. The molecule has 0 spiro atoms. The lowest BCUT2D eigenvalue weighted by Gasteiger charge is -2.11. The number of nitrogens with zero attached hydrogens (tertiary/aromatic N) is 3. The standard InChI is InChI=1S/C17H13N3O4/c1-11-15(10-12-9-14(20(23)24)7-8-16(12)21)17(22)19(18-11)13-5-3-2-4-6-13/h2-10,21H,1H3/b15-10+. The number of hydrazone groups is 1. The first-order chi connectivity index (χ1) is 11.5. The summed E-state index contributed by atoms with van der Waals surface area (Å²) in [7, 11) is 0. The fourth-order valence-corrected chi connectivity index (χ4v) is 2.36. The normalized spacial score (nSPS) is 15.7. The predicted octanol–water partition coefficient (Wildman–Crippen LogP) is 3.11. The smallest absolute Gasteiger partial charge is 0.280 e. The quantitative estimate of drug-likeness (QED) is 0.533. The first-order valence-electron chi connectivity index (χ1n) is 7.11. The molecule has 2 aromatic carbocycles. The van der Waals surface area contributed by atoms with E-state index in [-0.39, 0.29) is 28.5 Å². The molecule has 0 saturated carbocycles. The van der Waals surface area contributed by atoms with Crippen LogP contribution >= 0.6 is 0 Å². The molecule has 3 rings (SSSR count). The Kier molecular flexibility index (Phi) is 3.83. The van der Waals surface area contributed by atoms with Crippen molar-refractivity contribution in [3.63, 3.8) is 0 Å². The molecule has 2 aromatic rings. The average Bonchev–Trinajstić information content (AvgIpc) is 2.85. The van der Waals surface area contributed by atoms with Crippen LogP contribution in [-0.2, 0) is 4.79 Å². The number of hydrogen-bond donors (Lipinski definition) is 1. The summed E-state index contributed by atoms with van der Waals surface area (Å²) < 4.78 is 0. The maximum absolute atomic E-state index is 12.6. The van der Waals surface area contributed by atoms with E-state index < -0.39 is 4.92 Å². The summed E-state index contributed by atoms with van der Waals surface area (Å²) in [6.45, 7) is 1.67. The fraction of sp³-hybridized carbons (Fsp3) is 0.0588. The van der Waals surface area contributed by atoms with Crippen molar-refractivity contribution in [1.82, 2.24) is 0 Å². The Balaban J connectivity index is 2.00. The summed E-state index contributed by atoms with van der Waals surface area (Å²) in [6, 6.07) is 12.6. The Morgan fingerprint density at radius 2 is 1.92 bits per heavy atom. The predicted molar refractivity (Wildman–Crippen MR) is 89.8 cm³/mol. The number of phenolic OH excluding ortho intramolecular Hbond substituents is 1. The lowest BCUT2D eigenvalue weighted by molar-refractivity contribution is -0.384. The van der Waals surface area contributed by atoms with Gasteiger partial charge in [-0.25, -0.2) is 0 Å². The highest BCUT2D eigenvalue weighted by Gasteiger charge is 2.29. The van der Waals surface area contributed by atoms with Crippen LogP contribution in [0.5, 0.6) is 5.75 Å². The van der Waals surface area contributed by atoms with Crippen molar-refractivity contribution < 1.29 is 14.8 Å². The second-order valence-electron chi connectivity index (χ2n) is 5.20. The van der Waals surface area contributed by atoms with Crippen molar-refractivity contribution in [2.24, 2.45) is 5.10 Å². The lowest BCUT2D eigenvalue weighted by atomic mass is 10.1. The molecular weight excluding hydrogens is 310 g/mol. The van der Waals surface area contributed by atoms with E-state index in [4.69, 9.17) is 0 Å². The monoisotopic (exact) mass is 323 g/mol. The fourth-order valence-electron chi connectivity index (χ4n) is 2.36. The SMILES string of the molecule is CC1=NN(c2ccccc2)C(=O)/C1=C/c1cc([N+](=O)[O-])ccc1O. The van der Waals surface area contributed by atoms with Gasteiger partial charge < -0.3 is 5.11 Å². The highest BCUT2D eigenvalue weighted by molar-refractivity contribution is 6.32. The Labute approximate surface area is 137 Å². The summed E-state index contributed by atoms with van der Waals surface area (Å²) in [5.74, 6) is -0.503. The van der Waals surface area contributed by atoms with Gasteiger partial charge in [-0.3, -0.25) is 14.9 Å². The molecule has 7 nitrogen and oxygen atoms in total. The minimum Gasteiger partial charge on any atom is -0.507 e. The van der Waals surface area contributed by atoms with E-state index >= 15 is 0 Å². The molecule has 0 saturated heterocycles. The van der Waals surface area contributed by atoms with Crippen molar-refractivity contribution in [2.45, 2.75) is 6.92 Å². The van der Waals surface area contributed by atoms with E-state index in [1.54, 1.807) is 31.2 Å². The number of carbonyl (C=O) groups excluding carboxylic acids is 1. The summed E-state index contributed by atoms with van der Waals surface area (Å²) in [4.78, 5) is 22.9. The van der Waals surface area contributed by atoms with E-state index in [9.17, 15) is 20.0 Å². The Hall–Kier alpha value is -3.48. The minimum absolute atomic E-state index is 0.146. The van der Waals surface area contributed by atoms with Gasteiger partial charge in [-0.15, -0.1) is 0 Å². The maximum atomic E-state index is 12.6. The number of para-hydroxylation sites is 1. The lowest BCUT2D eigenvalue weighted by Crippen LogP contribution is -2.21. The number of carbonyl (C=O) groups is 1. The third-order valence-corrected chi connectivity index (χ3v) is 3.59. The summed E-state index contributed by atoms with van der Waals surface area (Å²) >= 11 is 0. The molecule has 0 atom stereocenters. The van der Waals surface area contributed by atoms with Crippen LogP contribution in [0.3, 0.4) is 0 Å². The Morgan fingerprint density at radius 3 is 2.58 bits per heavy atom. The molecular formula is C17H13N3O4. The molecule has 24 heavy (non-hydrogen) atoms. The average molecular weight is 323 g/mol. The van der Waals surface area contributed by atoms with E-state index in [1.807, 2.05) is 6.07 Å². The molecule has 120 valence electrons. The van der Waals surface area contributed by atoms with Crippen LogP contribution in [0.4, 0.5) is 11.4 Å². The zero-order valence-corrected chi connectivity index (χ0v) is 12.7. The van der Waals surface area contributed by atoms with Crippen molar-refractivity contribution in [1.29, 1.82) is 0 Å². The third kappa shape index (κ3) is 2.74. The van der Waals surface area contributed by atoms with Crippen molar-refractivity contribution in [2.75, 3.05) is 5.01 Å². The number of rotatable bonds is 3. The largest absolute Gasteiger partial charge is 0.507 e. The highest BCUT2D eigenvalue weighted by atomic mass is 16.6. The summed E-state index contributed by atoms with van der Waals surface area (Å²) in [6.07, 6.45) is 1.41. The zero-order chi connectivity index (χ0) is 17.3. The zero-order valence-electron chi connectivity index (χ0n) is 12.7. The van der Waals surface area contributed by atoms with Crippen LogP contribution in [0.15, 0.2) is 59.2 Å². The van der Waals surface area contributed by atoms with Crippen LogP contribution in [0.1, 0.15) is 12.5 Å². The molecule has 0 aliphatic carbocycles. The topological polar surface area (TPSA) is 96.0 Å². The molecule has 1 N–H and O–H groups in total. The first-order valence-corrected chi connectivity index (χ1v) is 7.11. The van der Waals surface area contributed by atoms with E-state index in [0.717, 1.165) is 0 Å². The Bertz CT molecular complexity index is 888. The van der Waals surface area contributed by atoms with Gasteiger partial charge in [0.15, 0.2) is 0 Å². The van der Waals surface area contributed by atoms with Crippen molar-refractivity contribution in [3.05, 3.63) is 69.8 Å². The number of amides is 1. The van der Waals surface area contributed by atoms with Gasteiger partial charge in [-0.2, -0.15) is 10.1 Å². The number of phenols is 1. The maximum Gasteiger partial charge on any atom is 0.280 e. The second kappa shape index (κ2) is 5.96. The number of benzene rings is 2. The number of nitro groups is 1. The number of nitro benzene ring substituents is 1. The molecule has 1 aliphatic rings. The van der Waals surface area contributed by atoms with Gasteiger partial charge in [0.05, 0.1) is 21.9 Å². The van der Waals surface area contributed by atoms with Crippen LogP contribution in [0, 0.1) is 10.1 Å². The van der Waals surface area contributed by atoms with Crippen LogP contribution in [0.25, 0.3) is 6.08 Å². The number of aromatic hydroxyl groups is 1. The number of anilines is 1. The highest BCUT2D eigenvalue weighted by Crippen LogP contribution is 2.29. The van der Waals surface area contributed by atoms with Crippen LogP contribution < -0.4 is 5.01 Å². The second-order valence-corrected chi connectivity index (χ2v) is 5.20. The van der Waals surface area contributed by atoms with Crippen molar-refractivity contribution in [3.8, 4) is 5.75 Å². The number of hydrogen-bond acceptors (Lipinski definition) is 5. The molecule has 1 heterocycles. The summed E-state index contributed by atoms with van der Waals surface area (Å²) in [5, 5.41) is 26.3. The molecule has 0 unspecified atom stereocenters. The van der Waals surface area contributed by atoms with Gasteiger partial charge in [0.1, 0.15) is 5.75 Å². The van der Waals surface area contributed by atoms with Gasteiger partial charge in [0.2, 0.25) is 0 Å². The Morgan fingerprint density at radius 1 is 1.21 bits per heavy atom. The molecule has 1 amide bonds. The van der Waals surface area contributed by atoms with Gasteiger partial charge in [0, 0.05) is 17.7 Å². The van der Waals surface area contributed by atoms with Gasteiger partial charge in [0.25, 0.3) is 11.6 Å². The molecule has 0 fully saturated rings. The molecule has 0 aromatic heterocycles. The molecule has 7 heteroatoms. The van der Waals surface area contributed by atoms with E-state index in [0.29, 0.717) is 11.4 Å². The van der Waals surface area contributed by atoms with E-state index in [1.165, 1.54) is 29.3 Å². The molecule has 0 radical (unpaired) electrons. The summed E-state index contributed by atoms with van der Waals surface area (Å²) in [5.41, 5.74) is 1.38. The van der Waals surface area contributed by atoms with Crippen LogP contribution in [0.2, 0.25) is 0 Å². The third-order valence-electron chi connectivity index (χ3n) is 3.59. The van der Waals surface area contributed by atoms with Crippen LogP contribution in [-0.4, -0.2) is 21.6 Å². The van der Waals surface area contributed by atoms with Gasteiger partial charge >= 0.3 is 0 Å². The van der Waals surface area contributed by atoms with Gasteiger partial charge in [-0.1, -0.05) is 18.2 Å². The molecule has 1 aliphatic heterocycles. The van der Waals surface area contributed by atoms with Crippen molar-refractivity contribution >= 4 is 29.1 Å². The van der Waals surface area contributed by atoms with E-state index in [2.05, 4.69) is 5.10 Å². The minimum atomic E-state index is -0.560. The van der Waals surface area contributed by atoms with Gasteiger partial charge in [-0.05, 0) is 31.2 Å². The first kappa shape index (κ1) is 15.4.